The lowest BCUT2D eigenvalue weighted by atomic mass is 10.00. The minimum atomic E-state index is -0.419. The maximum absolute atomic E-state index is 13.5. The van der Waals surface area contributed by atoms with Gasteiger partial charge in [0.25, 0.3) is 5.91 Å². The summed E-state index contributed by atoms with van der Waals surface area (Å²) >= 11 is 6.73. The van der Waals surface area contributed by atoms with Crippen LogP contribution in [-0.4, -0.2) is 116 Å². The third-order valence-corrected chi connectivity index (χ3v) is 10.9. The number of benzene rings is 2. The highest BCUT2D eigenvalue weighted by Crippen LogP contribution is 2.39. The van der Waals surface area contributed by atoms with Crippen molar-refractivity contribution in [3.63, 3.8) is 0 Å². The summed E-state index contributed by atoms with van der Waals surface area (Å²) < 4.78 is 17.5. The number of halogens is 1. The number of ether oxygens (including phenoxy) is 3. The summed E-state index contributed by atoms with van der Waals surface area (Å²) in [5.74, 6) is 1.15. The van der Waals surface area contributed by atoms with E-state index >= 15 is 0 Å². The van der Waals surface area contributed by atoms with Gasteiger partial charge < -0.3 is 38.7 Å². The van der Waals surface area contributed by atoms with Gasteiger partial charge in [0, 0.05) is 54.8 Å². The van der Waals surface area contributed by atoms with Crippen LogP contribution in [0.3, 0.4) is 0 Å². The van der Waals surface area contributed by atoms with Gasteiger partial charge in [-0.3, -0.25) is 4.79 Å². The van der Waals surface area contributed by atoms with Gasteiger partial charge in [0.05, 0.1) is 30.5 Å². The third-order valence-electron chi connectivity index (χ3n) is 10.5. The van der Waals surface area contributed by atoms with E-state index in [1.165, 1.54) is 0 Å². The van der Waals surface area contributed by atoms with E-state index in [1.54, 1.807) is 0 Å². The molecule has 4 fully saturated rings. The summed E-state index contributed by atoms with van der Waals surface area (Å²) in [6.07, 6.45) is 2.53. The third kappa shape index (κ3) is 5.86. The van der Waals surface area contributed by atoms with Gasteiger partial charge in [-0.2, -0.15) is 9.97 Å². The number of nitrogens with zero attached hydrogens (tertiary/aromatic N) is 7. The molecule has 0 N–H and O–H groups in total. The van der Waals surface area contributed by atoms with Gasteiger partial charge >= 0.3 is 6.01 Å². The van der Waals surface area contributed by atoms with Gasteiger partial charge in [0.15, 0.2) is 6.10 Å². The second kappa shape index (κ2) is 12.7. The number of carbonyl (C=O) groups excluding carboxylic acids is 1. The Morgan fingerprint density at radius 3 is 2.70 bits per heavy atom. The zero-order valence-electron chi connectivity index (χ0n) is 26.7. The van der Waals surface area contributed by atoms with Crippen LogP contribution in [0.2, 0.25) is 5.02 Å². The quantitative estimate of drug-likeness (QED) is 0.266. The molecule has 0 radical (unpaired) electrons. The number of carbonyl (C=O) groups is 1. The van der Waals surface area contributed by atoms with Crippen LogP contribution >= 0.6 is 11.6 Å². The summed E-state index contributed by atoms with van der Waals surface area (Å²) in [6.45, 7) is 13.9. The van der Waals surface area contributed by atoms with E-state index in [0.29, 0.717) is 64.0 Å². The summed E-state index contributed by atoms with van der Waals surface area (Å²) in [5.41, 5.74) is 3.14. The predicted molar refractivity (Wildman–Crippen MR) is 179 cm³/mol. The molecule has 5 aliphatic rings. The van der Waals surface area contributed by atoms with E-state index in [0.717, 1.165) is 70.9 Å². The Morgan fingerprint density at radius 1 is 1.09 bits per heavy atom. The Morgan fingerprint density at radius 2 is 1.94 bits per heavy atom. The Bertz CT molecular complexity index is 1710. The second-order valence-corrected chi connectivity index (χ2v) is 13.8. The fourth-order valence-electron chi connectivity index (χ4n) is 7.71. The maximum atomic E-state index is 13.5. The first-order chi connectivity index (χ1) is 23.0. The predicted octanol–water partition coefficient (Wildman–Crippen LogP) is 3.67. The molecule has 0 saturated carbocycles. The van der Waals surface area contributed by atoms with Gasteiger partial charge in [-0.15, -0.1) is 0 Å². The van der Waals surface area contributed by atoms with Crippen LogP contribution in [0.1, 0.15) is 24.1 Å². The second-order valence-electron chi connectivity index (χ2n) is 13.4. The highest BCUT2D eigenvalue weighted by atomic mass is 35.5. The van der Waals surface area contributed by atoms with Crippen LogP contribution in [0.4, 0.5) is 11.5 Å². The minimum absolute atomic E-state index is 0.00554. The first kappa shape index (κ1) is 30.6. The fraction of sp³-hybridized carbons (Fsp3) is 0.543. The van der Waals surface area contributed by atoms with Gasteiger partial charge in [-0.25, -0.2) is 6.57 Å². The number of amides is 1. The van der Waals surface area contributed by atoms with Crippen molar-refractivity contribution in [2.24, 2.45) is 5.92 Å². The molecule has 5 aliphatic heterocycles. The molecule has 11 nitrogen and oxygen atoms in total. The number of fused-ring (bicyclic) bond motifs is 2. The molecule has 6 heterocycles. The van der Waals surface area contributed by atoms with Gasteiger partial charge in [-0.05, 0) is 50.4 Å². The van der Waals surface area contributed by atoms with Crippen molar-refractivity contribution in [2.75, 3.05) is 75.9 Å². The van der Waals surface area contributed by atoms with E-state index in [4.69, 9.17) is 42.4 Å². The smallest absolute Gasteiger partial charge is 0.318 e. The summed E-state index contributed by atoms with van der Waals surface area (Å²) in [6, 6.07) is 12.8. The first-order valence-corrected chi connectivity index (χ1v) is 17.1. The van der Waals surface area contributed by atoms with Crippen LogP contribution in [0, 0.1) is 12.5 Å². The SMILES string of the molecule is [C-]#[N+]C[C@H]1CN(c2nc(OC[C@@H]3CCCN3C)nc3c2CCN(c2cccc4cccc(Cl)c24)C3)CCN1C(=O)[C@H]1O[C@H]1C1COC1. The number of hydrogen-bond donors (Lipinski definition) is 0. The van der Waals surface area contributed by atoms with E-state index in [9.17, 15) is 4.79 Å². The number of aromatic nitrogens is 2. The molecule has 3 aromatic rings. The number of likely N-dealkylation sites (N-methyl/N-ethyl adjacent to an activating group) is 1. The number of likely N-dealkylation sites (tertiary alicyclic amines) is 1. The summed E-state index contributed by atoms with van der Waals surface area (Å²) in [5, 5.41) is 2.89. The fourth-order valence-corrected chi connectivity index (χ4v) is 7.99. The zero-order chi connectivity index (χ0) is 32.1. The van der Waals surface area contributed by atoms with Gasteiger partial charge in [0.2, 0.25) is 6.54 Å². The maximum Gasteiger partial charge on any atom is 0.318 e. The lowest BCUT2D eigenvalue weighted by Gasteiger charge is -2.41. The summed E-state index contributed by atoms with van der Waals surface area (Å²) in [4.78, 5) is 36.1. The Kier molecular flexibility index (Phi) is 8.30. The molecule has 0 aliphatic carbocycles. The molecule has 0 spiro atoms. The molecular weight excluding hydrogens is 618 g/mol. The molecular formula is C35H40ClN7O4. The molecule has 1 amide bonds. The van der Waals surface area contributed by atoms with E-state index in [2.05, 4.69) is 50.9 Å². The van der Waals surface area contributed by atoms with Crippen molar-refractivity contribution >= 4 is 39.8 Å². The molecule has 12 heteroatoms. The molecule has 47 heavy (non-hydrogen) atoms. The number of hydrogen-bond acceptors (Lipinski definition) is 9. The monoisotopic (exact) mass is 657 g/mol. The van der Waals surface area contributed by atoms with E-state index < -0.39 is 6.10 Å². The van der Waals surface area contributed by atoms with Crippen LogP contribution < -0.4 is 14.5 Å². The Hall–Kier alpha value is -3.69. The van der Waals surface area contributed by atoms with Crippen molar-refractivity contribution < 1.29 is 19.0 Å². The number of epoxide rings is 1. The zero-order valence-corrected chi connectivity index (χ0v) is 27.4. The molecule has 2 aromatic carbocycles. The largest absolute Gasteiger partial charge is 0.462 e. The van der Waals surface area contributed by atoms with Crippen LogP contribution in [0.15, 0.2) is 36.4 Å². The normalized spacial score (nSPS) is 26.2. The molecule has 0 unspecified atom stereocenters. The molecule has 4 atom stereocenters. The molecule has 0 bridgehead atoms. The first-order valence-electron chi connectivity index (χ1n) is 16.8. The van der Waals surface area contributed by atoms with Crippen molar-refractivity contribution in [3.05, 3.63) is 64.1 Å². The number of rotatable bonds is 8. The Labute approximate surface area is 280 Å². The van der Waals surface area contributed by atoms with Crippen molar-refractivity contribution in [1.82, 2.24) is 19.8 Å². The number of anilines is 2. The van der Waals surface area contributed by atoms with Crippen molar-refractivity contribution in [2.45, 2.75) is 50.1 Å². The molecule has 246 valence electrons. The lowest BCUT2D eigenvalue weighted by Crippen LogP contribution is -2.58. The van der Waals surface area contributed by atoms with Gasteiger partial charge in [0.1, 0.15) is 24.6 Å². The minimum Gasteiger partial charge on any atom is -0.462 e. The standard InChI is InChI=1S/C35H40ClN7O4/c1-37-16-25-17-42(14-15-43(25)34(44)32-31(47-32)23-19-45-20-23)33-26-11-13-41(29-10-4-7-22-6-3-9-27(36)30(22)29)18-28(26)38-35(39-33)46-21-24-8-5-12-40(24)2/h3-4,6-7,9-10,23-25,31-32H,5,8,11-21H2,2H3/t24-,25-,31-,32-/m0/s1. The lowest BCUT2D eigenvalue weighted by molar-refractivity contribution is -0.135. The average Bonchev–Trinajstić information content (AvgIpc) is 3.72. The van der Waals surface area contributed by atoms with E-state index in [-0.39, 0.29) is 24.6 Å². The summed E-state index contributed by atoms with van der Waals surface area (Å²) in [7, 11) is 2.14. The molecule has 1 aromatic heterocycles. The molecule has 4 saturated heterocycles. The number of piperazine rings is 1. The van der Waals surface area contributed by atoms with Gasteiger partial charge in [-0.1, -0.05) is 35.9 Å². The molecule has 8 rings (SSSR count). The Balaban J connectivity index is 1.08. The van der Waals surface area contributed by atoms with E-state index in [1.807, 2.05) is 17.0 Å². The van der Waals surface area contributed by atoms with Crippen molar-refractivity contribution in [1.29, 1.82) is 0 Å². The highest BCUT2D eigenvalue weighted by Gasteiger charge is 2.54. The average molecular weight is 658 g/mol. The van der Waals surface area contributed by atoms with Crippen LogP contribution in [-0.2, 0) is 27.2 Å². The topological polar surface area (TPSA) is 91.2 Å². The van der Waals surface area contributed by atoms with Crippen molar-refractivity contribution in [3.8, 4) is 6.01 Å². The highest BCUT2D eigenvalue weighted by molar-refractivity contribution is 6.36. The van der Waals surface area contributed by atoms with Crippen LogP contribution in [0.25, 0.3) is 15.6 Å². The van der Waals surface area contributed by atoms with Crippen LogP contribution in [0.5, 0.6) is 6.01 Å².